The standard InChI is InChI=1S/C12H18F3N3/c1-18(2)8-11(17-16)7-9-3-5-10(6-4-9)12(13,14)15/h3-6,11,17H,7-8,16H2,1-2H3. The van der Waals surface area contributed by atoms with Crippen LogP contribution in [-0.2, 0) is 12.6 Å². The topological polar surface area (TPSA) is 41.3 Å². The van der Waals surface area contributed by atoms with Crippen LogP contribution in [0.5, 0.6) is 0 Å². The van der Waals surface area contributed by atoms with Crippen molar-refractivity contribution in [3.8, 4) is 0 Å². The molecule has 18 heavy (non-hydrogen) atoms. The molecule has 0 aliphatic carbocycles. The summed E-state index contributed by atoms with van der Waals surface area (Å²) < 4.78 is 37.1. The van der Waals surface area contributed by atoms with Crippen molar-refractivity contribution in [1.29, 1.82) is 0 Å². The van der Waals surface area contributed by atoms with Crippen molar-refractivity contribution in [3.05, 3.63) is 35.4 Å². The van der Waals surface area contributed by atoms with Gasteiger partial charge in [0.2, 0.25) is 0 Å². The number of nitrogens with zero attached hydrogens (tertiary/aromatic N) is 1. The summed E-state index contributed by atoms with van der Waals surface area (Å²) in [6.07, 6.45) is -3.69. The highest BCUT2D eigenvalue weighted by molar-refractivity contribution is 5.25. The SMILES string of the molecule is CN(C)CC(Cc1ccc(C(F)(F)F)cc1)NN. The van der Waals surface area contributed by atoms with Gasteiger partial charge in [-0.05, 0) is 38.2 Å². The van der Waals surface area contributed by atoms with Gasteiger partial charge in [0.25, 0.3) is 0 Å². The number of nitrogens with two attached hydrogens (primary N) is 1. The summed E-state index contributed by atoms with van der Waals surface area (Å²) in [4.78, 5) is 1.97. The summed E-state index contributed by atoms with van der Waals surface area (Å²) >= 11 is 0. The molecule has 0 radical (unpaired) electrons. The molecule has 0 heterocycles. The number of alkyl halides is 3. The number of hydrogen-bond acceptors (Lipinski definition) is 3. The number of hydrazine groups is 1. The number of nitrogens with one attached hydrogen (secondary N) is 1. The van der Waals surface area contributed by atoms with E-state index in [0.717, 1.165) is 24.2 Å². The first-order valence-corrected chi connectivity index (χ1v) is 5.60. The highest BCUT2D eigenvalue weighted by atomic mass is 19.4. The zero-order valence-corrected chi connectivity index (χ0v) is 10.5. The highest BCUT2D eigenvalue weighted by Gasteiger charge is 2.29. The van der Waals surface area contributed by atoms with Gasteiger partial charge in [-0.15, -0.1) is 0 Å². The van der Waals surface area contributed by atoms with Gasteiger partial charge in [-0.2, -0.15) is 13.2 Å². The van der Waals surface area contributed by atoms with Crippen molar-refractivity contribution in [2.24, 2.45) is 5.84 Å². The van der Waals surface area contributed by atoms with Crippen LogP contribution in [0.2, 0.25) is 0 Å². The van der Waals surface area contributed by atoms with E-state index in [0.29, 0.717) is 6.42 Å². The summed E-state index contributed by atoms with van der Waals surface area (Å²) in [7, 11) is 3.83. The molecule has 6 heteroatoms. The molecule has 0 aliphatic heterocycles. The van der Waals surface area contributed by atoms with Crippen LogP contribution < -0.4 is 11.3 Å². The molecule has 0 spiro atoms. The van der Waals surface area contributed by atoms with Crippen LogP contribution in [0.25, 0.3) is 0 Å². The van der Waals surface area contributed by atoms with Gasteiger partial charge in [-0.3, -0.25) is 11.3 Å². The van der Waals surface area contributed by atoms with E-state index in [1.54, 1.807) is 0 Å². The van der Waals surface area contributed by atoms with E-state index in [1.807, 2.05) is 19.0 Å². The van der Waals surface area contributed by atoms with Crippen LogP contribution in [0, 0.1) is 0 Å². The Kier molecular flexibility index (Phi) is 5.13. The molecule has 1 aromatic carbocycles. The first-order valence-electron chi connectivity index (χ1n) is 5.60. The van der Waals surface area contributed by atoms with Gasteiger partial charge >= 0.3 is 6.18 Å². The Morgan fingerprint density at radius 3 is 2.17 bits per heavy atom. The van der Waals surface area contributed by atoms with Crippen molar-refractivity contribution in [1.82, 2.24) is 10.3 Å². The highest BCUT2D eigenvalue weighted by Crippen LogP contribution is 2.29. The minimum absolute atomic E-state index is 0.0109. The Bertz CT molecular complexity index is 360. The lowest BCUT2D eigenvalue weighted by molar-refractivity contribution is -0.137. The van der Waals surface area contributed by atoms with Gasteiger partial charge in [0.15, 0.2) is 0 Å². The third-order valence-electron chi connectivity index (χ3n) is 2.58. The molecular weight excluding hydrogens is 243 g/mol. The molecular formula is C12H18F3N3. The van der Waals surface area contributed by atoms with Crippen molar-refractivity contribution in [2.75, 3.05) is 20.6 Å². The Balaban J connectivity index is 2.68. The summed E-state index contributed by atoms with van der Waals surface area (Å²) in [5.41, 5.74) is 2.86. The van der Waals surface area contributed by atoms with E-state index >= 15 is 0 Å². The Hall–Kier alpha value is -1.11. The monoisotopic (exact) mass is 261 g/mol. The molecule has 3 N–H and O–H groups in total. The molecule has 1 aromatic rings. The third kappa shape index (κ3) is 4.64. The maximum atomic E-state index is 12.4. The second-order valence-corrected chi connectivity index (χ2v) is 4.52. The van der Waals surface area contributed by atoms with Crippen LogP contribution in [0.15, 0.2) is 24.3 Å². The van der Waals surface area contributed by atoms with Crippen molar-refractivity contribution in [3.63, 3.8) is 0 Å². The predicted octanol–water partition coefficient (Wildman–Crippen LogP) is 1.64. The summed E-state index contributed by atoms with van der Waals surface area (Å²) in [6.45, 7) is 0.720. The maximum Gasteiger partial charge on any atom is 0.416 e. The van der Waals surface area contributed by atoms with Crippen LogP contribution in [-0.4, -0.2) is 31.6 Å². The van der Waals surface area contributed by atoms with Gasteiger partial charge in [0.1, 0.15) is 0 Å². The predicted molar refractivity (Wildman–Crippen MR) is 64.8 cm³/mol. The lowest BCUT2D eigenvalue weighted by atomic mass is 10.0. The number of benzene rings is 1. The zero-order valence-electron chi connectivity index (χ0n) is 10.5. The Morgan fingerprint density at radius 2 is 1.78 bits per heavy atom. The normalized spacial score (nSPS) is 13.9. The molecule has 0 fully saturated rings. The van der Waals surface area contributed by atoms with E-state index < -0.39 is 11.7 Å². The van der Waals surface area contributed by atoms with Crippen molar-refractivity contribution < 1.29 is 13.2 Å². The van der Waals surface area contributed by atoms with E-state index in [4.69, 9.17) is 5.84 Å². The molecule has 0 saturated carbocycles. The average molecular weight is 261 g/mol. The number of rotatable bonds is 5. The molecule has 0 aromatic heterocycles. The second-order valence-electron chi connectivity index (χ2n) is 4.52. The first kappa shape index (κ1) is 14.9. The quantitative estimate of drug-likeness (QED) is 0.625. The van der Waals surface area contributed by atoms with Crippen LogP contribution >= 0.6 is 0 Å². The van der Waals surface area contributed by atoms with E-state index in [1.165, 1.54) is 12.1 Å². The Morgan fingerprint density at radius 1 is 1.22 bits per heavy atom. The Labute approximate surface area is 105 Å². The van der Waals surface area contributed by atoms with E-state index in [-0.39, 0.29) is 6.04 Å². The summed E-state index contributed by atoms with van der Waals surface area (Å²) in [5, 5.41) is 0. The van der Waals surface area contributed by atoms with Crippen LogP contribution in [0.3, 0.4) is 0 Å². The van der Waals surface area contributed by atoms with Crippen molar-refractivity contribution in [2.45, 2.75) is 18.6 Å². The minimum atomic E-state index is -4.28. The molecule has 0 saturated heterocycles. The molecule has 0 aliphatic rings. The fourth-order valence-corrected chi connectivity index (χ4v) is 1.73. The number of halogens is 3. The van der Waals surface area contributed by atoms with Crippen molar-refractivity contribution >= 4 is 0 Å². The van der Waals surface area contributed by atoms with Crippen LogP contribution in [0.1, 0.15) is 11.1 Å². The summed E-state index contributed by atoms with van der Waals surface area (Å²) in [6, 6.07) is 5.18. The molecule has 1 unspecified atom stereocenters. The van der Waals surface area contributed by atoms with Gasteiger partial charge in [0, 0.05) is 12.6 Å². The average Bonchev–Trinajstić information content (AvgIpc) is 2.27. The van der Waals surface area contributed by atoms with Gasteiger partial charge in [0.05, 0.1) is 5.56 Å². The lowest BCUT2D eigenvalue weighted by Gasteiger charge is -2.20. The molecule has 3 nitrogen and oxygen atoms in total. The molecule has 1 atom stereocenters. The number of hydrogen-bond donors (Lipinski definition) is 2. The molecule has 102 valence electrons. The lowest BCUT2D eigenvalue weighted by Crippen LogP contribution is -2.43. The fraction of sp³-hybridized carbons (Fsp3) is 0.500. The third-order valence-corrected chi connectivity index (χ3v) is 2.58. The van der Waals surface area contributed by atoms with Crippen LogP contribution in [0.4, 0.5) is 13.2 Å². The zero-order chi connectivity index (χ0) is 13.8. The number of likely N-dealkylation sites (N-methyl/N-ethyl adjacent to an activating group) is 1. The van der Waals surface area contributed by atoms with Gasteiger partial charge < -0.3 is 4.90 Å². The molecule has 1 rings (SSSR count). The largest absolute Gasteiger partial charge is 0.416 e. The maximum absolute atomic E-state index is 12.4. The minimum Gasteiger partial charge on any atom is -0.308 e. The fourth-order valence-electron chi connectivity index (χ4n) is 1.73. The molecule has 0 bridgehead atoms. The van der Waals surface area contributed by atoms with Gasteiger partial charge in [-0.1, -0.05) is 12.1 Å². The smallest absolute Gasteiger partial charge is 0.308 e. The second kappa shape index (κ2) is 6.17. The summed E-state index contributed by atoms with van der Waals surface area (Å²) in [5.74, 6) is 5.41. The molecule has 0 amide bonds. The van der Waals surface area contributed by atoms with E-state index in [2.05, 4.69) is 5.43 Å². The van der Waals surface area contributed by atoms with E-state index in [9.17, 15) is 13.2 Å². The van der Waals surface area contributed by atoms with Gasteiger partial charge in [-0.25, -0.2) is 0 Å². The first-order chi connectivity index (χ1) is 8.32.